The summed E-state index contributed by atoms with van der Waals surface area (Å²) in [7, 11) is -2.61. The number of likely N-dealkylation sites (N-methyl/N-ethyl adjacent to an activating group) is 1. The van der Waals surface area contributed by atoms with E-state index in [0.717, 1.165) is 9.87 Å². The van der Waals surface area contributed by atoms with E-state index in [9.17, 15) is 18.0 Å². The molecule has 0 spiro atoms. The van der Waals surface area contributed by atoms with E-state index in [1.807, 2.05) is 6.07 Å². The van der Waals surface area contributed by atoms with Crippen molar-refractivity contribution < 1.29 is 22.7 Å². The van der Waals surface area contributed by atoms with E-state index in [1.165, 1.54) is 23.1 Å². The molecule has 0 aliphatic rings. The van der Waals surface area contributed by atoms with Crippen LogP contribution in [0.4, 0.5) is 5.69 Å². The number of sulfonamides is 1. The molecule has 0 aliphatic carbocycles. The average Bonchev–Trinajstić information content (AvgIpc) is 2.92. The monoisotopic (exact) mass is 557 g/mol. The molecule has 8 nitrogen and oxygen atoms in total. The molecule has 0 fully saturated rings. The summed E-state index contributed by atoms with van der Waals surface area (Å²) in [6.07, 6.45) is 0. The number of hydrogen-bond donors (Lipinski definition) is 1. The molecule has 0 saturated carbocycles. The van der Waals surface area contributed by atoms with E-state index in [1.54, 1.807) is 76.4 Å². The van der Waals surface area contributed by atoms with Gasteiger partial charge in [0, 0.05) is 18.1 Å². The topological polar surface area (TPSA) is 96.0 Å². The van der Waals surface area contributed by atoms with Crippen LogP contribution in [-0.2, 0) is 26.2 Å². The molecule has 3 aromatic rings. The maximum atomic E-state index is 13.9. The van der Waals surface area contributed by atoms with Gasteiger partial charge in [-0.3, -0.25) is 13.9 Å². The highest BCUT2D eigenvalue weighted by molar-refractivity contribution is 7.92. The Hall–Kier alpha value is -3.56. The van der Waals surface area contributed by atoms with Gasteiger partial charge >= 0.3 is 0 Å². The molecule has 2 amide bonds. The zero-order valence-corrected chi connectivity index (χ0v) is 23.4. The van der Waals surface area contributed by atoms with Gasteiger partial charge in [0.05, 0.1) is 17.7 Å². The van der Waals surface area contributed by atoms with Crippen molar-refractivity contribution in [2.24, 2.45) is 0 Å². The van der Waals surface area contributed by atoms with Crippen molar-refractivity contribution in [2.75, 3.05) is 24.5 Å². The Morgan fingerprint density at radius 2 is 1.74 bits per heavy atom. The molecular weight excluding hydrogens is 526 g/mol. The molecule has 202 valence electrons. The molecule has 1 N–H and O–H groups in total. The van der Waals surface area contributed by atoms with Crippen molar-refractivity contribution in [3.63, 3.8) is 0 Å². The zero-order chi connectivity index (χ0) is 27.9. The summed E-state index contributed by atoms with van der Waals surface area (Å²) in [5, 5.41) is 3.07. The zero-order valence-electron chi connectivity index (χ0n) is 21.8. The van der Waals surface area contributed by atoms with Gasteiger partial charge in [-0.15, -0.1) is 0 Å². The Bertz CT molecular complexity index is 1380. The first kappa shape index (κ1) is 29.0. The van der Waals surface area contributed by atoms with Gasteiger partial charge in [-0.25, -0.2) is 8.42 Å². The summed E-state index contributed by atoms with van der Waals surface area (Å²) >= 11 is 6.24. The fourth-order valence-corrected chi connectivity index (χ4v) is 5.61. The second kappa shape index (κ2) is 12.8. The molecule has 38 heavy (non-hydrogen) atoms. The number of rotatable bonds is 11. The first-order chi connectivity index (χ1) is 18.1. The summed E-state index contributed by atoms with van der Waals surface area (Å²) in [4.78, 5) is 28.1. The van der Waals surface area contributed by atoms with Crippen molar-refractivity contribution >= 4 is 39.1 Å². The second-order valence-corrected chi connectivity index (χ2v) is 11.0. The van der Waals surface area contributed by atoms with Gasteiger partial charge < -0.3 is 15.0 Å². The van der Waals surface area contributed by atoms with Crippen LogP contribution < -0.4 is 14.4 Å². The maximum Gasteiger partial charge on any atom is 0.264 e. The van der Waals surface area contributed by atoms with E-state index >= 15 is 0 Å². The minimum absolute atomic E-state index is 0.0308. The first-order valence-electron chi connectivity index (χ1n) is 12.1. The quantitative estimate of drug-likeness (QED) is 0.377. The van der Waals surface area contributed by atoms with Crippen molar-refractivity contribution in [1.82, 2.24) is 10.2 Å². The van der Waals surface area contributed by atoms with Crippen LogP contribution in [0.15, 0.2) is 77.7 Å². The highest BCUT2D eigenvalue weighted by Crippen LogP contribution is 2.30. The number of carbonyl (C=O) groups excluding carboxylic acids is 2. The van der Waals surface area contributed by atoms with E-state index in [4.69, 9.17) is 16.3 Å². The number of nitrogens with zero attached hydrogens (tertiary/aromatic N) is 2. The number of halogens is 1. The van der Waals surface area contributed by atoms with Crippen LogP contribution in [-0.4, -0.2) is 51.4 Å². The van der Waals surface area contributed by atoms with Gasteiger partial charge in [0.1, 0.15) is 18.3 Å². The van der Waals surface area contributed by atoms with Gasteiger partial charge in [0.15, 0.2) is 0 Å². The van der Waals surface area contributed by atoms with Gasteiger partial charge in [0.25, 0.3) is 10.0 Å². The van der Waals surface area contributed by atoms with Crippen LogP contribution in [0.1, 0.15) is 25.0 Å². The number of amides is 2. The largest absolute Gasteiger partial charge is 0.497 e. The van der Waals surface area contributed by atoms with Gasteiger partial charge in [0.2, 0.25) is 11.8 Å². The highest BCUT2D eigenvalue weighted by Gasteiger charge is 2.33. The minimum atomic E-state index is -4.16. The van der Waals surface area contributed by atoms with E-state index < -0.39 is 28.5 Å². The number of aryl methyl sites for hydroxylation is 1. The highest BCUT2D eigenvalue weighted by atomic mass is 35.5. The standard InChI is InChI=1S/C28H32ClN3O5S/c1-5-30-28(34)21(3)31(18-22-10-9-11-24(16-22)37-4)27(33)19-32(26-17-23(29)15-14-20(26)2)38(35,36)25-12-7-6-8-13-25/h6-17,21H,5,18-19H2,1-4H3,(H,30,34). The number of carbonyl (C=O) groups is 2. The molecule has 3 aromatic carbocycles. The van der Waals surface area contributed by atoms with Crippen molar-refractivity contribution in [1.29, 1.82) is 0 Å². The van der Waals surface area contributed by atoms with Crippen LogP contribution in [0.2, 0.25) is 5.02 Å². The molecule has 10 heteroatoms. The maximum absolute atomic E-state index is 13.9. The summed E-state index contributed by atoms with van der Waals surface area (Å²) in [6, 6.07) is 19.0. The summed E-state index contributed by atoms with van der Waals surface area (Å²) < 4.78 is 34.0. The number of hydrogen-bond acceptors (Lipinski definition) is 5. The molecule has 0 aliphatic heterocycles. The third kappa shape index (κ3) is 6.85. The average molecular weight is 558 g/mol. The second-order valence-electron chi connectivity index (χ2n) is 8.70. The molecule has 0 heterocycles. The SMILES string of the molecule is CCNC(=O)C(C)N(Cc1cccc(OC)c1)C(=O)CN(c1cc(Cl)ccc1C)S(=O)(=O)c1ccccc1. The minimum Gasteiger partial charge on any atom is -0.497 e. The fraction of sp³-hybridized carbons (Fsp3) is 0.286. The third-order valence-electron chi connectivity index (χ3n) is 6.06. The predicted molar refractivity (Wildman–Crippen MR) is 149 cm³/mol. The number of anilines is 1. The Kier molecular flexibility index (Phi) is 9.77. The lowest BCUT2D eigenvalue weighted by Gasteiger charge is -2.32. The van der Waals surface area contributed by atoms with Gasteiger partial charge in [-0.1, -0.05) is 48.0 Å². The summed E-state index contributed by atoms with van der Waals surface area (Å²) in [5.74, 6) is -0.297. The predicted octanol–water partition coefficient (Wildman–Crippen LogP) is 4.41. The molecule has 1 unspecified atom stereocenters. The smallest absolute Gasteiger partial charge is 0.264 e. The van der Waals surface area contributed by atoms with Crippen molar-refractivity contribution in [3.05, 3.63) is 88.9 Å². The number of methoxy groups -OCH3 is 1. The Morgan fingerprint density at radius 1 is 1.03 bits per heavy atom. The van der Waals surface area contributed by atoms with Crippen LogP contribution in [0.25, 0.3) is 0 Å². The number of nitrogens with one attached hydrogen (secondary N) is 1. The lowest BCUT2D eigenvalue weighted by molar-refractivity contribution is -0.139. The Morgan fingerprint density at radius 3 is 2.39 bits per heavy atom. The number of benzene rings is 3. The fourth-order valence-electron chi connectivity index (χ4n) is 3.96. The normalized spacial score (nSPS) is 11.9. The van der Waals surface area contributed by atoms with Crippen LogP contribution >= 0.6 is 11.6 Å². The summed E-state index contributed by atoms with van der Waals surface area (Å²) in [6.45, 7) is 5.07. The first-order valence-corrected chi connectivity index (χ1v) is 13.9. The van der Waals surface area contributed by atoms with Crippen molar-refractivity contribution in [2.45, 2.75) is 38.3 Å². The molecular formula is C28H32ClN3O5S. The Balaban J connectivity index is 2.06. The van der Waals surface area contributed by atoms with Crippen LogP contribution in [0, 0.1) is 6.92 Å². The van der Waals surface area contributed by atoms with Crippen molar-refractivity contribution in [3.8, 4) is 5.75 Å². The van der Waals surface area contributed by atoms with Crippen LogP contribution in [0.3, 0.4) is 0 Å². The summed E-state index contributed by atoms with van der Waals surface area (Å²) in [5.41, 5.74) is 1.63. The Labute approximate surface area is 229 Å². The lowest BCUT2D eigenvalue weighted by Crippen LogP contribution is -2.51. The van der Waals surface area contributed by atoms with Gasteiger partial charge in [-0.05, 0) is 68.3 Å². The van der Waals surface area contributed by atoms with E-state index in [0.29, 0.717) is 22.9 Å². The van der Waals surface area contributed by atoms with E-state index in [2.05, 4.69) is 5.32 Å². The molecule has 0 aromatic heterocycles. The molecule has 3 rings (SSSR count). The molecule has 0 bridgehead atoms. The molecule has 0 radical (unpaired) electrons. The third-order valence-corrected chi connectivity index (χ3v) is 8.06. The number of ether oxygens (including phenoxy) is 1. The van der Waals surface area contributed by atoms with Crippen LogP contribution in [0.5, 0.6) is 5.75 Å². The van der Waals surface area contributed by atoms with E-state index in [-0.39, 0.29) is 23.0 Å². The molecule has 0 saturated heterocycles. The van der Waals surface area contributed by atoms with Gasteiger partial charge in [-0.2, -0.15) is 0 Å². The molecule has 1 atom stereocenters. The lowest BCUT2D eigenvalue weighted by atomic mass is 10.1.